The predicted molar refractivity (Wildman–Crippen MR) is 97.3 cm³/mol. The Morgan fingerprint density at radius 1 is 1.36 bits per heavy atom. The molecule has 0 aromatic heterocycles. The Hall–Kier alpha value is -0.710. The van der Waals surface area contributed by atoms with Gasteiger partial charge in [-0.3, -0.25) is 4.79 Å². The molecule has 0 aliphatic carbocycles. The second-order valence-corrected chi connectivity index (χ2v) is 7.49. The molecule has 0 radical (unpaired) electrons. The first-order valence-corrected chi connectivity index (χ1v) is 8.78. The lowest BCUT2D eigenvalue weighted by molar-refractivity contribution is 0.0692. The molecule has 1 saturated heterocycles. The number of thioether (sulfide) groups is 1. The van der Waals surface area contributed by atoms with E-state index in [4.69, 9.17) is 0 Å². The summed E-state index contributed by atoms with van der Waals surface area (Å²) in [5.41, 5.74) is 0.809. The van der Waals surface area contributed by atoms with Gasteiger partial charge in [-0.05, 0) is 43.7 Å². The van der Waals surface area contributed by atoms with Crippen molar-refractivity contribution in [1.82, 2.24) is 10.2 Å². The summed E-state index contributed by atoms with van der Waals surface area (Å²) in [6, 6.07) is 8.42. The molecule has 5 heteroatoms. The van der Waals surface area contributed by atoms with Gasteiger partial charge in [0.15, 0.2) is 0 Å². The van der Waals surface area contributed by atoms with E-state index in [9.17, 15) is 4.79 Å². The Bertz CT molecular complexity index is 458. The van der Waals surface area contributed by atoms with E-state index in [0.29, 0.717) is 11.3 Å². The van der Waals surface area contributed by atoms with Crippen molar-refractivity contribution in [3.05, 3.63) is 29.8 Å². The smallest absolute Gasteiger partial charge is 0.254 e. The fraction of sp³-hybridized carbons (Fsp3) is 0.588. The molecule has 3 nitrogen and oxygen atoms in total. The summed E-state index contributed by atoms with van der Waals surface area (Å²) in [5.74, 6) is 0.173. The molecule has 1 N–H and O–H groups in total. The first-order chi connectivity index (χ1) is 10.1. The van der Waals surface area contributed by atoms with Crippen LogP contribution in [0.5, 0.6) is 0 Å². The minimum absolute atomic E-state index is 0. The zero-order valence-corrected chi connectivity index (χ0v) is 15.3. The molecule has 1 aliphatic heterocycles. The van der Waals surface area contributed by atoms with E-state index in [0.717, 1.165) is 38.0 Å². The average molecular weight is 343 g/mol. The Kier molecular flexibility index (Phi) is 8.29. The van der Waals surface area contributed by atoms with Crippen molar-refractivity contribution in [3.8, 4) is 0 Å². The van der Waals surface area contributed by atoms with Gasteiger partial charge in [0, 0.05) is 34.8 Å². The minimum atomic E-state index is 0. The summed E-state index contributed by atoms with van der Waals surface area (Å²) in [5, 5.41) is 3.91. The molecule has 1 amide bonds. The van der Waals surface area contributed by atoms with Gasteiger partial charge in [-0.2, -0.15) is 0 Å². The summed E-state index contributed by atoms with van der Waals surface area (Å²) in [6.45, 7) is 9.27. The normalized spacial score (nSPS) is 17.4. The molecule has 1 aromatic carbocycles. The molecule has 1 fully saturated rings. The summed E-state index contributed by atoms with van der Waals surface area (Å²) in [6.07, 6.45) is 2.07. The molecule has 2 rings (SSSR count). The number of amides is 1. The van der Waals surface area contributed by atoms with Gasteiger partial charge in [0.05, 0.1) is 0 Å². The second kappa shape index (κ2) is 9.43. The molecule has 1 heterocycles. The number of hydrogen-bond acceptors (Lipinski definition) is 3. The van der Waals surface area contributed by atoms with Crippen LogP contribution in [-0.2, 0) is 0 Å². The van der Waals surface area contributed by atoms with Crippen molar-refractivity contribution in [2.45, 2.75) is 49.8 Å². The van der Waals surface area contributed by atoms with Crippen LogP contribution in [0.3, 0.4) is 0 Å². The summed E-state index contributed by atoms with van der Waals surface area (Å²) in [7, 11) is 0. The van der Waals surface area contributed by atoms with Crippen molar-refractivity contribution < 1.29 is 4.79 Å². The van der Waals surface area contributed by atoms with Gasteiger partial charge < -0.3 is 10.2 Å². The van der Waals surface area contributed by atoms with Crippen LogP contribution in [0.25, 0.3) is 0 Å². The van der Waals surface area contributed by atoms with Crippen LogP contribution in [0, 0.1) is 0 Å². The van der Waals surface area contributed by atoms with Gasteiger partial charge in [0.1, 0.15) is 0 Å². The number of benzene rings is 1. The number of nitrogens with zero attached hydrogens (tertiary/aromatic N) is 1. The van der Waals surface area contributed by atoms with Crippen LogP contribution in [0.2, 0.25) is 0 Å². The molecule has 0 spiro atoms. The Balaban J connectivity index is 0.00000242. The predicted octanol–water partition coefficient (Wildman–Crippen LogP) is 3.82. The third kappa shape index (κ3) is 5.18. The summed E-state index contributed by atoms with van der Waals surface area (Å²) >= 11 is 1.83. The molecule has 1 unspecified atom stereocenters. The fourth-order valence-electron chi connectivity index (χ4n) is 2.71. The fourth-order valence-corrected chi connectivity index (χ4v) is 3.55. The number of rotatable bonds is 6. The number of hydrogen-bond donors (Lipinski definition) is 1. The van der Waals surface area contributed by atoms with Crippen LogP contribution in [0.1, 0.15) is 44.0 Å². The Morgan fingerprint density at radius 2 is 2.05 bits per heavy atom. The Labute approximate surface area is 144 Å². The highest BCUT2D eigenvalue weighted by molar-refractivity contribution is 7.99. The summed E-state index contributed by atoms with van der Waals surface area (Å²) in [4.78, 5) is 16.0. The van der Waals surface area contributed by atoms with Gasteiger partial charge in [-0.15, -0.1) is 24.2 Å². The maximum absolute atomic E-state index is 12.7. The van der Waals surface area contributed by atoms with Crippen molar-refractivity contribution in [1.29, 1.82) is 0 Å². The maximum Gasteiger partial charge on any atom is 0.254 e. The van der Waals surface area contributed by atoms with Gasteiger partial charge in [-0.25, -0.2) is 0 Å². The zero-order valence-electron chi connectivity index (χ0n) is 13.7. The van der Waals surface area contributed by atoms with E-state index >= 15 is 0 Å². The van der Waals surface area contributed by atoms with E-state index < -0.39 is 0 Å². The SMILES string of the molecule is CCCN(C(=O)c1ccc(SC(C)C)cc1)C1CCNC1.Cl. The maximum atomic E-state index is 12.7. The van der Waals surface area contributed by atoms with Crippen LogP contribution < -0.4 is 5.32 Å². The highest BCUT2D eigenvalue weighted by atomic mass is 35.5. The molecular weight excluding hydrogens is 316 g/mol. The lowest BCUT2D eigenvalue weighted by Crippen LogP contribution is -2.42. The van der Waals surface area contributed by atoms with Crippen LogP contribution in [0.15, 0.2) is 29.2 Å². The van der Waals surface area contributed by atoms with E-state index in [-0.39, 0.29) is 18.3 Å². The Morgan fingerprint density at radius 3 is 2.55 bits per heavy atom. The van der Waals surface area contributed by atoms with Crippen molar-refractivity contribution >= 4 is 30.1 Å². The van der Waals surface area contributed by atoms with Crippen molar-refractivity contribution in [2.24, 2.45) is 0 Å². The van der Waals surface area contributed by atoms with Crippen LogP contribution >= 0.6 is 24.2 Å². The molecule has 1 atom stereocenters. The highest BCUT2D eigenvalue weighted by Gasteiger charge is 2.26. The zero-order chi connectivity index (χ0) is 15.2. The quantitative estimate of drug-likeness (QED) is 0.797. The van der Waals surface area contributed by atoms with Crippen molar-refractivity contribution in [3.63, 3.8) is 0 Å². The van der Waals surface area contributed by atoms with Crippen molar-refractivity contribution in [2.75, 3.05) is 19.6 Å². The standard InChI is InChI=1S/C17H26N2OS.ClH/c1-4-11-19(15-9-10-18-12-15)17(20)14-5-7-16(8-6-14)21-13(2)3;/h5-8,13,15,18H,4,9-12H2,1-3H3;1H. The third-order valence-corrected chi connectivity index (χ3v) is 4.69. The van der Waals surface area contributed by atoms with E-state index in [1.165, 1.54) is 4.90 Å². The first kappa shape index (κ1) is 19.3. The molecular formula is C17H27ClN2OS. The highest BCUT2D eigenvalue weighted by Crippen LogP contribution is 2.23. The number of nitrogens with one attached hydrogen (secondary N) is 1. The molecule has 1 aromatic rings. The van der Waals surface area contributed by atoms with Gasteiger partial charge in [0.25, 0.3) is 5.91 Å². The van der Waals surface area contributed by atoms with Crippen LogP contribution in [0.4, 0.5) is 0 Å². The third-order valence-electron chi connectivity index (χ3n) is 3.67. The second-order valence-electron chi connectivity index (χ2n) is 5.84. The van der Waals surface area contributed by atoms with E-state index in [1.807, 2.05) is 28.8 Å². The molecule has 0 saturated carbocycles. The number of carbonyl (C=O) groups excluding carboxylic acids is 1. The summed E-state index contributed by atoms with van der Waals surface area (Å²) < 4.78 is 0. The lowest BCUT2D eigenvalue weighted by Gasteiger charge is -2.28. The monoisotopic (exact) mass is 342 g/mol. The van der Waals surface area contributed by atoms with Gasteiger partial charge in [0.2, 0.25) is 0 Å². The van der Waals surface area contributed by atoms with Gasteiger partial charge in [-0.1, -0.05) is 20.8 Å². The molecule has 1 aliphatic rings. The average Bonchev–Trinajstić information content (AvgIpc) is 2.98. The number of halogens is 1. The minimum Gasteiger partial charge on any atom is -0.334 e. The van der Waals surface area contributed by atoms with Gasteiger partial charge >= 0.3 is 0 Å². The largest absolute Gasteiger partial charge is 0.334 e. The van der Waals surface area contributed by atoms with Crippen LogP contribution in [-0.4, -0.2) is 41.7 Å². The molecule has 22 heavy (non-hydrogen) atoms. The molecule has 0 bridgehead atoms. The topological polar surface area (TPSA) is 32.3 Å². The molecule has 124 valence electrons. The van der Waals surface area contributed by atoms with E-state index in [1.54, 1.807) is 0 Å². The van der Waals surface area contributed by atoms with E-state index in [2.05, 4.69) is 38.2 Å². The first-order valence-electron chi connectivity index (χ1n) is 7.90. The number of carbonyl (C=O) groups is 1. The lowest BCUT2D eigenvalue weighted by atomic mass is 10.1.